The van der Waals surface area contributed by atoms with Gasteiger partial charge in [-0.2, -0.15) is 0 Å². The maximum Gasteiger partial charge on any atom is 0.222 e. The topological polar surface area (TPSA) is 33.2 Å². The van der Waals surface area contributed by atoms with E-state index in [4.69, 9.17) is 0 Å². The van der Waals surface area contributed by atoms with E-state index >= 15 is 0 Å². The smallest absolute Gasteiger partial charge is 0.222 e. The number of rotatable bonds is 5. The summed E-state index contributed by atoms with van der Waals surface area (Å²) >= 11 is 1.62. The zero-order valence-electron chi connectivity index (χ0n) is 12.2. The first kappa shape index (κ1) is 14.7. The van der Waals surface area contributed by atoms with Gasteiger partial charge in [0.05, 0.1) is 17.2 Å². The Morgan fingerprint density at radius 2 is 1.95 bits per heavy atom. The SMILES string of the molecule is Cc1ccc(CCC(=O)N(C)Cc2csc(C)n2)cc1. The van der Waals surface area contributed by atoms with Gasteiger partial charge in [-0.1, -0.05) is 29.8 Å². The van der Waals surface area contributed by atoms with Crippen molar-refractivity contribution in [3.8, 4) is 0 Å². The van der Waals surface area contributed by atoms with Gasteiger partial charge < -0.3 is 4.90 Å². The van der Waals surface area contributed by atoms with E-state index in [1.807, 2.05) is 19.4 Å². The predicted octanol–water partition coefficient (Wildman–Crippen LogP) is 3.35. The van der Waals surface area contributed by atoms with E-state index in [-0.39, 0.29) is 5.91 Å². The highest BCUT2D eigenvalue weighted by molar-refractivity contribution is 7.09. The standard InChI is InChI=1S/C16H20N2OS/c1-12-4-6-14(7-5-12)8-9-16(19)18(3)10-15-11-20-13(2)17-15/h4-7,11H,8-10H2,1-3H3. The van der Waals surface area contributed by atoms with Crippen molar-refractivity contribution in [2.24, 2.45) is 0 Å². The van der Waals surface area contributed by atoms with Crippen molar-refractivity contribution < 1.29 is 4.79 Å². The van der Waals surface area contributed by atoms with Crippen LogP contribution in [0.2, 0.25) is 0 Å². The van der Waals surface area contributed by atoms with Gasteiger partial charge in [-0.15, -0.1) is 11.3 Å². The minimum atomic E-state index is 0.163. The average Bonchev–Trinajstić information content (AvgIpc) is 2.83. The van der Waals surface area contributed by atoms with E-state index < -0.39 is 0 Å². The molecule has 4 heteroatoms. The fourth-order valence-corrected chi connectivity index (χ4v) is 2.61. The summed E-state index contributed by atoms with van der Waals surface area (Å²) in [6.07, 6.45) is 1.34. The molecule has 0 radical (unpaired) electrons. The van der Waals surface area contributed by atoms with Crippen LogP contribution in [0.4, 0.5) is 0 Å². The molecule has 1 aromatic carbocycles. The van der Waals surface area contributed by atoms with Gasteiger partial charge in [-0.3, -0.25) is 4.79 Å². The number of aromatic nitrogens is 1. The Bertz CT molecular complexity index is 574. The van der Waals surface area contributed by atoms with Crippen LogP contribution in [0, 0.1) is 13.8 Å². The van der Waals surface area contributed by atoms with Crippen molar-refractivity contribution in [1.29, 1.82) is 0 Å². The van der Waals surface area contributed by atoms with E-state index in [1.54, 1.807) is 16.2 Å². The Hall–Kier alpha value is -1.68. The Morgan fingerprint density at radius 3 is 2.55 bits per heavy atom. The fraction of sp³-hybridized carbons (Fsp3) is 0.375. The molecule has 0 aliphatic heterocycles. The van der Waals surface area contributed by atoms with E-state index in [0.717, 1.165) is 17.1 Å². The van der Waals surface area contributed by atoms with Crippen LogP contribution in [-0.4, -0.2) is 22.8 Å². The van der Waals surface area contributed by atoms with Gasteiger partial charge in [-0.05, 0) is 25.8 Å². The van der Waals surface area contributed by atoms with Crippen molar-refractivity contribution in [2.45, 2.75) is 33.2 Å². The Morgan fingerprint density at radius 1 is 1.25 bits per heavy atom. The molecule has 0 aliphatic rings. The number of amides is 1. The lowest BCUT2D eigenvalue weighted by Gasteiger charge is -2.15. The lowest BCUT2D eigenvalue weighted by molar-refractivity contribution is -0.130. The summed E-state index contributed by atoms with van der Waals surface area (Å²) in [7, 11) is 1.84. The number of thiazole rings is 1. The molecule has 0 spiro atoms. The van der Waals surface area contributed by atoms with Crippen LogP contribution in [0.25, 0.3) is 0 Å². The van der Waals surface area contributed by atoms with Gasteiger partial charge >= 0.3 is 0 Å². The number of benzene rings is 1. The van der Waals surface area contributed by atoms with Crippen molar-refractivity contribution >= 4 is 17.2 Å². The van der Waals surface area contributed by atoms with E-state index in [9.17, 15) is 4.79 Å². The summed E-state index contributed by atoms with van der Waals surface area (Å²) in [6, 6.07) is 8.35. The van der Waals surface area contributed by atoms with E-state index in [2.05, 4.69) is 36.2 Å². The summed E-state index contributed by atoms with van der Waals surface area (Å²) in [5.74, 6) is 0.163. The van der Waals surface area contributed by atoms with Crippen molar-refractivity contribution in [2.75, 3.05) is 7.05 Å². The van der Waals surface area contributed by atoms with Crippen LogP contribution < -0.4 is 0 Å². The van der Waals surface area contributed by atoms with Crippen molar-refractivity contribution in [3.05, 3.63) is 51.5 Å². The second-order valence-corrected chi connectivity index (χ2v) is 6.16. The molecule has 0 bridgehead atoms. The maximum absolute atomic E-state index is 12.1. The molecule has 0 N–H and O–H groups in total. The molecule has 1 amide bonds. The quantitative estimate of drug-likeness (QED) is 0.845. The summed E-state index contributed by atoms with van der Waals surface area (Å²) in [5, 5.41) is 3.06. The number of carbonyl (C=O) groups excluding carboxylic acids is 1. The van der Waals surface area contributed by atoms with Crippen LogP contribution in [-0.2, 0) is 17.8 Å². The van der Waals surface area contributed by atoms with E-state index in [0.29, 0.717) is 13.0 Å². The van der Waals surface area contributed by atoms with Gasteiger partial charge in [0.25, 0.3) is 0 Å². The zero-order chi connectivity index (χ0) is 14.5. The van der Waals surface area contributed by atoms with Crippen molar-refractivity contribution in [1.82, 2.24) is 9.88 Å². The first-order valence-corrected chi connectivity index (χ1v) is 7.63. The molecule has 2 aromatic rings. The summed E-state index contributed by atoms with van der Waals surface area (Å²) in [6.45, 7) is 4.64. The van der Waals surface area contributed by atoms with Gasteiger partial charge in [0.15, 0.2) is 0 Å². The molecule has 20 heavy (non-hydrogen) atoms. The lowest BCUT2D eigenvalue weighted by Crippen LogP contribution is -2.26. The maximum atomic E-state index is 12.1. The van der Waals surface area contributed by atoms with Crippen LogP contribution in [0.5, 0.6) is 0 Å². The van der Waals surface area contributed by atoms with Crippen LogP contribution in [0.3, 0.4) is 0 Å². The third kappa shape index (κ3) is 4.17. The monoisotopic (exact) mass is 288 g/mol. The third-order valence-electron chi connectivity index (χ3n) is 3.24. The molecular weight excluding hydrogens is 268 g/mol. The summed E-state index contributed by atoms with van der Waals surface area (Å²) < 4.78 is 0. The zero-order valence-corrected chi connectivity index (χ0v) is 13.0. The van der Waals surface area contributed by atoms with Gasteiger partial charge in [-0.25, -0.2) is 4.98 Å². The van der Waals surface area contributed by atoms with Gasteiger partial charge in [0.2, 0.25) is 5.91 Å². The molecule has 1 aromatic heterocycles. The van der Waals surface area contributed by atoms with Crippen LogP contribution >= 0.6 is 11.3 Å². The fourth-order valence-electron chi connectivity index (χ4n) is 2.01. The summed E-state index contributed by atoms with van der Waals surface area (Å²) in [5.41, 5.74) is 3.43. The Kier molecular flexibility index (Phi) is 4.90. The van der Waals surface area contributed by atoms with Crippen molar-refractivity contribution in [3.63, 3.8) is 0 Å². The lowest BCUT2D eigenvalue weighted by atomic mass is 10.1. The highest BCUT2D eigenvalue weighted by Gasteiger charge is 2.10. The molecule has 2 rings (SSSR count). The highest BCUT2D eigenvalue weighted by atomic mass is 32.1. The van der Waals surface area contributed by atoms with Crippen LogP contribution in [0.15, 0.2) is 29.6 Å². The Labute approximate surface area is 124 Å². The Balaban J connectivity index is 1.83. The minimum Gasteiger partial charge on any atom is -0.340 e. The van der Waals surface area contributed by atoms with E-state index in [1.165, 1.54) is 11.1 Å². The number of hydrogen-bond donors (Lipinski definition) is 0. The first-order chi connectivity index (χ1) is 9.54. The number of aryl methyl sites for hydroxylation is 3. The molecule has 0 unspecified atom stereocenters. The molecular formula is C16H20N2OS. The summed E-state index contributed by atoms with van der Waals surface area (Å²) in [4.78, 5) is 18.2. The molecule has 0 saturated carbocycles. The third-order valence-corrected chi connectivity index (χ3v) is 4.06. The van der Waals surface area contributed by atoms with Gasteiger partial charge in [0.1, 0.15) is 0 Å². The molecule has 1 heterocycles. The second-order valence-electron chi connectivity index (χ2n) is 5.09. The number of nitrogens with zero attached hydrogens (tertiary/aromatic N) is 2. The van der Waals surface area contributed by atoms with Crippen LogP contribution in [0.1, 0.15) is 28.2 Å². The molecule has 0 aliphatic carbocycles. The number of hydrogen-bond acceptors (Lipinski definition) is 3. The number of carbonyl (C=O) groups is 1. The minimum absolute atomic E-state index is 0.163. The molecule has 0 saturated heterocycles. The largest absolute Gasteiger partial charge is 0.340 e. The first-order valence-electron chi connectivity index (χ1n) is 6.75. The molecule has 0 fully saturated rings. The van der Waals surface area contributed by atoms with Gasteiger partial charge in [0, 0.05) is 18.8 Å². The normalized spacial score (nSPS) is 10.6. The second kappa shape index (κ2) is 6.66. The highest BCUT2D eigenvalue weighted by Crippen LogP contribution is 2.11. The predicted molar refractivity (Wildman–Crippen MR) is 82.8 cm³/mol. The average molecular weight is 288 g/mol. The molecule has 0 atom stereocenters. The molecule has 106 valence electrons. The molecule has 3 nitrogen and oxygen atoms in total.